The summed E-state index contributed by atoms with van der Waals surface area (Å²) in [6.07, 6.45) is 1.72. The van der Waals surface area contributed by atoms with Crippen molar-refractivity contribution >= 4 is 11.8 Å². The van der Waals surface area contributed by atoms with Gasteiger partial charge in [0.1, 0.15) is 11.9 Å². The van der Waals surface area contributed by atoms with Gasteiger partial charge in [0.2, 0.25) is 0 Å². The van der Waals surface area contributed by atoms with E-state index >= 15 is 0 Å². The van der Waals surface area contributed by atoms with Gasteiger partial charge in [-0.25, -0.2) is 0 Å². The second kappa shape index (κ2) is 12.9. The number of esters is 1. The van der Waals surface area contributed by atoms with Crippen molar-refractivity contribution in [2.45, 2.75) is 64.9 Å². The summed E-state index contributed by atoms with van der Waals surface area (Å²) in [5.74, 6) is 0.768. The van der Waals surface area contributed by atoms with Gasteiger partial charge in [0.15, 0.2) is 23.0 Å². The van der Waals surface area contributed by atoms with E-state index in [4.69, 9.17) is 14.2 Å². The van der Waals surface area contributed by atoms with Crippen molar-refractivity contribution in [2.75, 3.05) is 14.2 Å². The van der Waals surface area contributed by atoms with E-state index in [2.05, 4.69) is 13.8 Å². The summed E-state index contributed by atoms with van der Waals surface area (Å²) in [4.78, 5) is 24.7. The summed E-state index contributed by atoms with van der Waals surface area (Å²) in [5.41, 5.74) is 1.84. The first-order valence-corrected chi connectivity index (χ1v) is 11.5. The maximum absolute atomic E-state index is 13.1. The molecule has 0 aliphatic carbocycles. The average molecular weight is 473 g/mol. The van der Waals surface area contributed by atoms with Crippen molar-refractivity contribution < 1.29 is 34.0 Å². The third kappa shape index (κ3) is 8.28. The number of rotatable bonds is 13. The predicted molar refractivity (Wildman–Crippen MR) is 130 cm³/mol. The number of phenols is 2. The highest BCUT2D eigenvalue weighted by atomic mass is 16.5. The molecule has 0 aliphatic rings. The molecule has 2 N–H and O–H groups in total. The zero-order chi connectivity index (χ0) is 25.3. The fourth-order valence-electron chi connectivity index (χ4n) is 4.11. The van der Waals surface area contributed by atoms with Gasteiger partial charge in [0.25, 0.3) is 0 Å². The minimum absolute atomic E-state index is 0.00669. The second-order valence-corrected chi connectivity index (χ2v) is 8.98. The van der Waals surface area contributed by atoms with Gasteiger partial charge >= 0.3 is 5.97 Å². The third-order valence-corrected chi connectivity index (χ3v) is 5.69. The minimum atomic E-state index is -0.543. The first-order valence-electron chi connectivity index (χ1n) is 11.5. The average Bonchev–Trinajstić information content (AvgIpc) is 2.77. The highest BCUT2D eigenvalue weighted by molar-refractivity contribution is 5.80. The number of phenolic OH excluding ortho intramolecular Hbond substituents is 2. The van der Waals surface area contributed by atoms with Crippen LogP contribution >= 0.6 is 0 Å². The van der Waals surface area contributed by atoms with Crippen molar-refractivity contribution in [1.29, 1.82) is 0 Å². The summed E-state index contributed by atoms with van der Waals surface area (Å²) in [6.45, 7) is 5.54. The molecule has 186 valence electrons. The summed E-state index contributed by atoms with van der Waals surface area (Å²) < 4.78 is 15.8. The normalized spacial score (nSPS) is 12.8. The smallest absolute Gasteiger partial charge is 0.302 e. The third-order valence-electron chi connectivity index (χ3n) is 5.69. The Labute approximate surface area is 201 Å². The van der Waals surface area contributed by atoms with Gasteiger partial charge < -0.3 is 24.4 Å². The highest BCUT2D eigenvalue weighted by Gasteiger charge is 2.23. The van der Waals surface area contributed by atoms with Crippen molar-refractivity contribution in [3.8, 4) is 23.0 Å². The van der Waals surface area contributed by atoms with Gasteiger partial charge in [-0.15, -0.1) is 0 Å². The number of hydrogen-bond acceptors (Lipinski definition) is 7. The van der Waals surface area contributed by atoms with Gasteiger partial charge in [-0.2, -0.15) is 0 Å². The zero-order valence-electron chi connectivity index (χ0n) is 20.7. The lowest BCUT2D eigenvalue weighted by atomic mass is 9.85. The van der Waals surface area contributed by atoms with Crippen LogP contribution in [0, 0.1) is 5.92 Å². The van der Waals surface area contributed by atoms with Crippen LogP contribution in [0.15, 0.2) is 36.4 Å². The number of carbonyl (C=O) groups is 2. The van der Waals surface area contributed by atoms with Crippen LogP contribution in [0.4, 0.5) is 0 Å². The summed E-state index contributed by atoms with van der Waals surface area (Å²) in [7, 11) is 2.98. The van der Waals surface area contributed by atoms with Crippen molar-refractivity contribution in [2.24, 2.45) is 5.92 Å². The lowest BCUT2D eigenvalue weighted by Crippen LogP contribution is -2.22. The highest BCUT2D eigenvalue weighted by Crippen LogP contribution is 2.34. The molecular formula is C27H36O7. The van der Waals surface area contributed by atoms with E-state index in [-0.39, 0.29) is 29.6 Å². The Bertz CT molecular complexity index is 967. The number of benzene rings is 2. The van der Waals surface area contributed by atoms with Crippen LogP contribution in [0.5, 0.6) is 23.0 Å². The monoisotopic (exact) mass is 472 g/mol. The van der Waals surface area contributed by atoms with Crippen LogP contribution < -0.4 is 9.47 Å². The lowest BCUT2D eigenvalue weighted by molar-refractivity contribution is -0.147. The molecule has 0 heterocycles. The molecule has 0 aromatic heterocycles. The van der Waals surface area contributed by atoms with Gasteiger partial charge in [-0.1, -0.05) is 26.0 Å². The SMILES string of the molecule is COc1cc(CCC(CC(=O)CC(CC(C)C)c2ccc(O)c(OC)c2)OC(C)=O)ccc1O. The fourth-order valence-corrected chi connectivity index (χ4v) is 4.11. The van der Waals surface area contributed by atoms with Gasteiger partial charge in [-0.3, -0.25) is 9.59 Å². The summed E-state index contributed by atoms with van der Waals surface area (Å²) in [6, 6.07) is 10.2. The van der Waals surface area contributed by atoms with Crippen molar-refractivity contribution in [1.82, 2.24) is 0 Å². The Balaban J connectivity index is 2.10. The standard InChI is InChI=1S/C27H36O7/c1-17(2)12-21(20-8-11-25(31)27(15-20)33-5)14-22(29)16-23(34-18(3)28)9-6-19-7-10-24(30)26(13-19)32-4/h7-8,10-11,13,15,17,21,23,30-31H,6,9,12,14,16H2,1-5H3. The molecule has 2 aromatic rings. The largest absolute Gasteiger partial charge is 0.504 e. The van der Waals surface area contributed by atoms with Gasteiger partial charge in [-0.05, 0) is 66.5 Å². The topological polar surface area (TPSA) is 102 Å². The van der Waals surface area contributed by atoms with Crippen LogP contribution in [0.2, 0.25) is 0 Å². The molecule has 7 heteroatoms. The van der Waals surface area contributed by atoms with E-state index < -0.39 is 12.1 Å². The summed E-state index contributed by atoms with van der Waals surface area (Å²) in [5, 5.41) is 19.7. The molecular weight excluding hydrogens is 436 g/mol. The van der Waals surface area contributed by atoms with E-state index in [1.54, 1.807) is 30.3 Å². The molecule has 34 heavy (non-hydrogen) atoms. The van der Waals surface area contributed by atoms with Crippen LogP contribution in [0.1, 0.15) is 63.5 Å². The number of hydrogen-bond donors (Lipinski definition) is 2. The number of ether oxygens (including phenoxy) is 3. The predicted octanol–water partition coefficient (Wildman–Crippen LogP) is 5.16. The molecule has 0 saturated carbocycles. The molecule has 2 atom stereocenters. The van der Waals surface area contributed by atoms with Crippen LogP contribution in [-0.4, -0.2) is 42.3 Å². The molecule has 0 aliphatic heterocycles. The van der Waals surface area contributed by atoms with E-state index in [9.17, 15) is 19.8 Å². The molecule has 0 saturated heterocycles. The molecule has 2 unspecified atom stereocenters. The number of methoxy groups -OCH3 is 2. The number of ketones is 1. The Morgan fingerprint density at radius 3 is 2.12 bits per heavy atom. The molecule has 0 amide bonds. The van der Waals surface area contributed by atoms with Gasteiger partial charge in [0, 0.05) is 19.8 Å². The van der Waals surface area contributed by atoms with Gasteiger partial charge in [0.05, 0.1) is 14.2 Å². The molecule has 0 spiro atoms. The number of aryl methyl sites for hydroxylation is 1. The maximum atomic E-state index is 13.1. The van der Waals surface area contributed by atoms with Crippen molar-refractivity contribution in [3.05, 3.63) is 47.5 Å². The Morgan fingerprint density at radius 1 is 0.912 bits per heavy atom. The van der Waals surface area contributed by atoms with E-state index in [0.717, 1.165) is 17.5 Å². The zero-order valence-corrected chi connectivity index (χ0v) is 20.7. The lowest BCUT2D eigenvalue weighted by Gasteiger charge is -2.22. The molecule has 2 rings (SSSR count). The molecule has 2 aromatic carbocycles. The number of carbonyl (C=O) groups excluding carboxylic acids is 2. The molecule has 0 fully saturated rings. The van der Waals surface area contributed by atoms with Crippen LogP contribution in [-0.2, 0) is 20.7 Å². The molecule has 0 radical (unpaired) electrons. The fraction of sp³-hybridized carbons (Fsp3) is 0.481. The number of aromatic hydroxyl groups is 2. The Hall–Kier alpha value is -3.22. The summed E-state index contributed by atoms with van der Waals surface area (Å²) >= 11 is 0. The van der Waals surface area contributed by atoms with Crippen LogP contribution in [0.3, 0.4) is 0 Å². The quantitative estimate of drug-likeness (QED) is 0.388. The molecule has 7 nitrogen and oxygen atoms in total. The Morgan fingerprint density at radius 2 is 1.53 bits per heavy atom. The minimum Gasteiger partial charge on any atom is -0.504 e. The maximum Gasteiger partial charge on any atom is 0.302 e. The first kappa shape index (κ1) is 27.0. The van der Waals surface area contributed by atoms with E-state index in [0.29, 0.717) is 36.7 Å². The number of Topliss-reactive ketones (excluding diaryl/α,β-unsaturated/α-hetero) is 1. The Kier molecular flexibility index (Phi) is 10.2. The van der Waals surface area contributed by atoms with Crippen LogP contribution in [0.25, 0.3) is 0 Å². The first-order chi connectivity index (χ1) is 16.1. The second-order valence-electron chi connectivity index (χ2n) is 8.98. The van der Waals surface area contributed by atoms with E-state index in [1.165, 1.54) is 21.1 Å². The molecule has 0 bridgehead atoms. The van der Waals surface area contributed by atoms with Crippen molar-refractivity contribution in [3.63, 3.8) is 0 Å². The van der Waals surface area contributed by atoms with E-state index in [1.807, 2.05) is 6.07 Å².